The lowest BCUT2D eigenvalue weighted by molar-refractivity contribution is -0.140. The van der Waals surface area contributed by atoms with Gasteiger partial charge in [-0.15, -0.1) is 0 Å². The van der Waals surface area contributed by atoms with Gasteiger partial charge in [0.05, 0.1) is 6.42 Å². The molecule has 0 spiro atoms. The van der Waals surface area contributed by atoms with Crippen LogP contribution in [-0.2, 0) is 14.4 Å². The fourth-order valence-electron chi connectivity index (χ4n) is 2.50. The molecule has 124 valence electrons. The van der Waals surface area contributed by atoms with Crippen LogP contribution in [0.15, 0.2) is 18.2 Å². The number of halogens is 2. The highest BCUT2D eigenvalue weighted by atomic mass is 19.1. The topological polar surface area (TPSA) is 77.9 Å². The van der Waals surface area contributed by atoms with Crippen LogP contribution in [0.25, 0.3) is 0 Å². The molecule has 1 saturated heterocycles. The van der Waals surface area contributed by atoms with Crippen LogP contribution in [0.4, 0.5) is 14.5 Å². The fraction of sp³-hybridized carbons (Fsp3) is 0.400. The van der Waals surface area contributed by atoms with E-state index in [0.29, 0.717) is 6.07 Å². The summed E-state index contributed by atoms with van der Waals surface area (Å²) in [7, 11) is 1.42. The van der Waals surface area contributed by atoms with Crippen molar-refractivity contribution in [2.24, 2.45) is 5.92 Å². The number of anilines is 1. The van der Waals surface area contributed by atoms with E-state index >= 15 is 0 Å². The normalized spacial score (nSPS) is 17.4. The lowest BCUT2D eigenvalue weighted by Crippen LogP contribution is -2.39. The van der Waals surface area contributed by atoms with Gasteiger partial charge in [-0.05, 0) is 18.6 Å². The average molecular weight is 326 g/mol. The first-order chi connectivity index (χ1) is 10.8. The number of benzene rings is 1. The minimum Gasteiger partial charge on any atom is -0.481 e. The number of carbonyl (C=O) groups excluding carboxylic acids is 2. The third kappa shape index (κ3) is 3.82. The quantitative estimate of drug-likeness (QED) is 0.826. The summed E-state index contributed by atoms with van der Waals surface area (Å²) in [5, 5.41) is 8.62. The minimum atomic E-state index is -1.04. The number of carbonyl (C=O) groups is 3. The number of amides is 2. The number of hydrogen-bond acceptors (Lipinski definition) is 3. The van der Waals surface area contributed by atoms with Crippen LogP contribution in [0, 0.1) is 17.6 Å². The molecule has 6 nitrogen and oxygen atoms in total. The van der Waals surface area contributed by atoms with Gasteiger partial charge in [0.15, 0.2) is 0 Å². The molecule has 1 atom stereocenters. The first-order valence-corrected chi connectivity index (χ1v) is 7.04. The predicted octanol–water partition coefficient (Wildman–Crippen LogP) is 1.25. The molecule has 0 radical (unpaired) electrons. The van der Waals surface area contributed by atoms with Crippen LogP contribution in [0.3, 0.4) is 0 Å². The van der Waals surface area contributed by atoms with E-state index in [-0.39, 0.29) is 31.6 Å². The summed E-state index contributed by atoms with van der Waals surface area (Å²) in [6.07, 6.45) is -0.00478. The van der Waals surface area contributed by atoms with Crippen molar-refractivity contribution >= 4 is 23.5 Å². The van der Waals surface area contributed by atoms with Crippen LogP contribution in [0.5, 0.6) is 0 Å². The largest absolute Gasteiger partial charge is 0.481 e. The van der Waals surface area contributed by atoms with E-state index in [4.69, 9.17) is 5.11 Å². The summed E-state index contributed by atoms with van der Waals surface area (Å²) in [4.78, 5) is 37.4. The molecule has 1 aliphatic heterocycles. The zero-order chi connectivity index (χ0) is 17.1. The molecule has 8 heteroatoms. The molecule has 1 aromatic carbocycles. The average Bonchev–Trinajstić information content (AvgIpc) is 2.84. The summed E-state index contributed by atoms with van der Waals surface area (Å²) in [5.41, 5.74) is 0.0657. The standard InChI is InChI=1S/C15H16F2N2O4/c1-18(4-3-13(20)21)14(22)12-2-5-19(15(12)23)11-7-9(16)6-10(17)8-11/h6-8,12H,2-5H2,1H3,(H,20,21)/t12-/m1/s1. The zero-order valence-electron chi connectivity index (χ0n) is 12.5. The highest BCUT2D eigenvalue weighted by Gasteiger charge is 2.39. The molecule has 2 rings (SSSR count). The number of nitrogens with zero attached hydrogens (tertiary/aromatic N) is 2. The summed E-state index contributed by atoms with van der Waals surface area (Å²) in [6.45, 7) is 0.164. The molecule has 23 heavy (non-hydrogen) atoms. The third-order valence-corrected chi connectivity index (χ3v) is 3.70. The second-order valence-corrected chi connectivity index (χ2v) is 5.36. The molecule has 0 aliphatic carbocycles. The molecule has 1 aromatic rings. The summed E-state index contributed by atoms with van der Waals surface area (Å²) < 4.78 is 26.5. The lowest BCUT2D eigenvalue weighted by atomic mass is 10.1. The van der Waals surface area contributed by atoms with Crippen LogP contribution in [0.2, 0.25) is 0 Å². The summed E-state index contributed by atoms with van der Waals surface area (Å²) in [5.74, 6) is -4.64. The van der Waals surface area contributed by atoms with E-state index < -0.39 is 35.3 Å². The first-order valence-electron chi connectivity index (χ1n) is 7.04. The van der Waals surface area contributed by atoms with Crippen molar-refractivity contribution < 1.29 is 28.3 Å². The molecule has 1 N–H and O–H groups in total. The van der Waals surface area contributed by atoms with Crippen LogP contribution in [0.1, 0.15) is 12.8 Å². The first kappa shape index (κ1) is 16.9. The molecule has 0 saturated carbocycles. The lowest BCUT2D eigenvalue weighted by Gasteiger charge is -2.20. The van der Waals surface area contributed by atoms with Gasteiger partial charge in [0.1, 0.15) is 17.6 Å². The van der Waals surface area contributed by atoms with Gasteiger partial charge in [-0.3, -0.25) is 14.4 Å². The smallest absolute Gasteiger partial charge is 0.305 e. The second-order valence-electron chi connectivity index (χ2n) is 5.36. The molecule has 0 bridgehead atoms. The minimum absolute atomic E-state index is 0.00740. The van der Waals surface area contributed by atoms with Gasteiger partial charge in [0, 0.05) is 31.9 Å². The Balaban J connectivity index is 2.09. The van der Waals surface area contributed by atoms with Gasteiger partial charge in [-0.1, -0.05) is 0 Å². The van der Waals surface area contributed by atoms with Gasteiger partial charge < -0.3 is 14.9 Å². The molecular formula is C15H16F2N2O4. The van der Waals surface area contributed by atoms with E-state index in [1.54, 1.807) is 0 Å². The van der Waals surface area contributed by atoms with Gasteiger partial charge in [-0.25, -0.2) is 8.78 Å². The molecule has 1 heterocycles. The third-order valence-electron chi connectivity index (χ3n) is 3.70. The maximum absolute atomic E-state index is 13.3. The highest BCUT2D eigenvalue weighted by molar-refractivity contribution is 6.09. The monoisotopic (exact) mass is 326 g/mol. The Morgan fingerprint density at radius 1 is 1.30 bits per heavy atom. The van der Waals surface area contributed by atoms with E-state index in [2.05, 4.69) is 0 Å². The molecule has 0 aromatic heterocycles. The van der Waals surface area contributed by atoms with E-state index in [1.165, 1.54) is 16.8 Å². The van der Waals surface area contributed by atoms with E-state index in [9.17, 15) is 23.2 Å². The van der Waals surface area contributed by atoms with Crippen molar-refractivity contribution in [3.05, 3.63) is 29.8 Å². The molecule has 1 aliphatic rings. The Morgan fingerprint density at radius 3 is 2.48 bits per heavy atom. The van der Waals surface area contributed by atoms with Crippen molar-refractivity contribution in [3.8, 4) is 0 Å². The number of rotatable bonds is 5. The molecule has 2 amide bonds. The highest BCUT2D eigenvalue weighted by Crippen LogP contribution is 2.27. The Bertz CT molecular complexity index is 630. The molecular weight excluding hydrogens is 310 g/mol. The van der Waals surface area contributed by atoms with Crippen molar-refractivity contribution in [1.82, 2.24) is 4.90 Å². The maximum Gasteiger partial charge on any atom is 0.305 e. The van der Waals surface area contributed by atoms with E-state index in [1.807, 2.05) is 0 Å². The van der Waals surface area contributed by atoms with Crippen LogP contribution < -0.4 is 4.90 Å². The SMILES string of the molecule is CN(CCC(=O)O)C(=O)[C@H]1CCN(c2cc(F)cc(F)c2)C1=O. The van der Waals surface area contributed by atoms with E-state index in [0.717, 1.165) is 12.1 Å². The maximum atomic E-state index is 13.3. The van der Waals surface area contributed by atoms with Gasteiger partial charge in [0.2, 0.25) is 11.8 Å². The Hall–Kier alpha value is -2.51. The van der Waals surface area contributed by atoms with Crippen molar-refractivity contribution in [3.63, 3.8) is 0 Å². The Kier molecular flexibility index (Phi) is 4.92. The van der Waals surface area contributed by atoms with Gasteiger partial charge in [0.25, 0.3) is 0 Å². The summed E-state index contributed by atoms with van der Waals surface area (Å²) in [6, 6.07) is 2.76. The Morgan fingerprint density at radius 2 is 1.91 bits per heavy atom. The fourth-order valence-corrected chi connectivity index (χ4v) is 2.50. The van der Waals surface area contributed by atoms with Crippen LogP contribution >= 0.6 is 0 Å². The van der Waals surface area contributed by atoms with Crippen molar-refractivity contribution in [1.29, 1.82) is 0 Å². The summed E-state index contributed by atoms with van der Waals surface area (Å²) >= 11 is 0. The zero-order valence-corrected chi connectivity index (χ0v) is 12.5. The number of aliphatic carboxylic acids is 1. The Labute approximate surface area is 131 Å². The number of hydrogen-bond donors (Lipinski definition) is 1. The molecule has 0 unspecified atom stereocenters. The van der Waals surface area contributed by atoms with Crippen LogP contribution in [-0.4, -0.2) is 47.9 Å². The number of carboxylic acid groups (broad SMARTS) is 1. The van der Waals surface area contributed by atoms with Crippen molar-refractivity contribution in [2.45, 2.75) is 12.8 Å². The van der Waals surface area contributed by atoms with Crippen molar-refractivity contribution in [2.75, 3.05) is 25.0 Å². The van der Waals surface area contributed by atoms with Gasteiger partial charge in [-0.2, -0.15) is 0 Å². The second kappa shape index (κ2) is 6.72. The number of carboxylic acids is 1. The molecule has 1 fully saturated rings. The predicted molar refractivity (Wildman–Crippen MR) is 76.7 cm³/mol. The van der Waals surface area contributed by atoms with Gasteiger partial charge >= 0.3 is 5.97 Å².